The first kappa shape index (κ1) is 88.4. The second-order valence-electron chi connectivity index (χ2n) is 27.2. The number of aliphatic hydroxyl groups is 1. The van der Waals surface area contributed by atoms with E-state index in [9.17, 15) is 87.9 Å². The molecule has 2 aromatic heterocycles. The van der Waals surface area contributed by atoms with Gasteiger partial charge in [-0.25, -0.2) is 4.79 Å². The number of H-pyrrole nitrogens is 1. The quantitative estimate of drug-likeness (QED) is 0.0223. The first-order chi connectivity index (χ1) is 53.9. The Morgan fingerprint density at radius 1 is 0.522 bits per heavy atom. The van der Waals surface area contributed by atoms with Gasteiger partial charge in [-0.1, -0.05) is 68.4 Å². The molecule has 17 N–H and O–H groups in total. The number of carboxylic acids is 2. The number of aromatic hydroxyl groups is 2. The second kappa shape index (κ2) is 44.3. The number of nitrogens with one attached hydrogen (secondary N) is 10. The zero-order valence-corrected chi connectivity index (χ0v) is 63.2. The van der Waals surface area contributed by atoms with E-state index in [2.05, 4.69) is 62.9 Å². The minimum absolute atomic E-state index is 0.0454. The van der Waals surface area contributed by atoms with Gasteiger partial charge in [0.05, 0.1) is 85.0 Å². The molecule has 6 aromatic rings. The minimum Gasteiger partial charge on any atom is -0.508 e. The average Bonchev–Trinajstić information content (AvgIpc) is 1.62. The molecule has 610 valence electrons. The van der Waals surface area contributed by atoms with Crippen molar-refractivity contribution in [2.45, 2.75) is 154 Å². The molecule has 113 heavy (non-hydrogen) atoms. The van der Waals surface area contributed by atoms with Crippen LogP contribution in [0.15, 0.2) is 95.8 Å². The molecule has 0 saturated heterocycles. The number of phenols is 2. The van der Waals surface area contributed by atoms with E-state index in [1.807, 2.05) is 0 Å². The molecule has 0 aliphatic heterocycles. The maximum atomic E-state index is 14.7. The van der Waals surface area contributed by atoms with Crippen molar-refractivity contribution >= 4 is 88.2 Å². The smallest absolute Gasteiger partial charge is 0.326 e. The van der Waals surface area contributed by atoms with Crippen LogP contribution in [0.25, 0.3) is 5.78 Å². The van der Waals surface area contributed by atoms with E-state index in [0.717, 1.165) is 30.0 Å². The zero-order valence-electron chi connectivity index (χ0n) is 63.2. The minimum atomic E-state index is -1.93. The van der Waals surface area contributed by atoms with Crippen molar-refractivity contribution in [3.05, 3.63) is 146 Å². The molecule has 10 amide bonds. The predicted octanol–water partition coefficient (Wildman–Crippen LogP) is -0.0284. The number of nitrogens with two attached hydrogens (primary N) is 1. The molecule has 2 heterocycles. The molecule has 37 heteroatoms. The SMILES string of the molecule is Cc1cc(NC(=O)c2nc3[nH]c4c(c(=O)n3n2)CCC4)c(C)cc1NC(=O)CCOCCOCCOCCOCCOCCC(=O)N[C@H](C(=O)N[C@@H](CC(N)=O)C(=O)N[C@@H](CCC(=O)O)C(=O)N[C@@H](Cc1ccc(O)cc1)C(=O)N[C@@H](Cc1ccc(O)cc1)C(=O)N[C@@H](Cc1ccccc1)C(=O)N[C@H](C(=O)O)C(C)C)[C@@H](C)O. The van der Waals surface area contributed by atoms with Crippen LogP contribution >= 0.6 is 0 Å². The molecular formula is C76H98N14O23. The highest BCUT2D eigenvalue weighted by molar-refractivity contribution is 6.03. The number of carbonyl (C=O) groups excluding carboxylic acids is 10. The number of aromatic amines is 1. The summed E-state index contributed by atoms with van der Waals surface area (Å²) in [6.45, 7) is 9.32. The van der Waals surface area contributed by atoms with Gasteiger partial charge in [0.15, 0.2) is 0 Å². The van der Waals surface area contributed by atoms with Crippen molar-refractivity contribution in [3.63, 3.8) is 0 Å². The molecule has 7 rings (SSSR count). The lowest BCUT2D eigenvalue weighted by Gasteiger charge is -2.28. The number of carboxylic acid groups (broad SMARTS) is 2. The normalized spacial score (nSPS) is 13.8. The monoisotopic (exact) mass is 1570 g/mol. The number of nitrogens with zero attached hydrogens (tertiary/aromatic N) is 3. The Hall–Kier alpha value is -11.8. The first-order valence-electron chi connectivity index (χ1n) is 36.7. The lowest BCUT2D eigenvalue weighted by atomic mass is 9.99. The fourth-order valence-electron chi connectivity index (χ4n) is 11.7. The number of primary amides is 1. The van der Waals surface area contributed by atoms with E-state index < -0.39 is 139 Å². The second-order valence-corrected chi connectivity index (χ2v) is 27.2. The number of hydrogen-bond donors (Lipinski definition) is 16. The lowest BCUT2D eigenvalue weighted by molar-refractivity contribution is -0.143. The molecule has 0 radical (unpaired) electrons. The summed E-state index contributed by atoms with van der Waals surface area (Å²) >= 11 is 0. The maximum absolute atomic E-state index is 14.7. The fourth-order valence-corrected chi connectivity index (χ4v) is 11.7. The van der Waals surface area contributed by atoms with Gasteiger partial charge >= 0.3 is 11.9 Å². The number of benzene rings is 4. The van der Waals surface area contributed by atoms with E-state index in [-0.39, 0.29) is 133 Å². The van der Waals surface area contributed by atoms with Crippen molar-refractivity contribution in [1.82, 2.24) is 56.8 Å². The number of rotatable bonds is 48. The molecule has 4 aromatic carbocycles. The number of aliphatic carboxylic acids is 2. The molecule has 0 saturated carbocycles. The number of ether oxygens (including phenoxy) is 5. The van der Waals surface area contributed by atoms with Gasteiger partial charge < -0.3 is 108 Å². The van der Waals surface area contributed by atoms with Gasteiger partial charge in [0, 0.05) is 54.7 Å². The summed E-state index contributed by atoms with van der Waals surface area (Å²) in [4.78, 5) is 181. The van der Waals surface area contributed by atoms with Crippen molar-refractivity contribution in [3.8, 4) is 11.5 Å². The van der Waals surface area contributed by atoms with Crippen molar-refractivity contribution in [1.29, 1.82) is 0 Å². The Kier molecular flexibility index (Phi) is 34.7. The molecule has 0 bridgehead atoms. The Bertz CT molecular complexity index is 4350. The van der Waals surface area contributed by atoms with Gasteiger partial charge in [-0.15, -0.1) is 5.10 Å². The van der Waals surface area contributed by atoms with Gasteiger partial charge in [0.1, 0.15) is 53.8 Å². The van der Waals surface area contributed by atoms with Gasteiger partial charge in [-0.2, -0.15) is 9.50 Å². The third-order valence-electron chi connectivity index (χ3n) is 17.8. The fraction of sp³-hybridized carbons (Fsp3) is 0.461. The Labute approximate surface area is 648 Å². The highest BCUT2D eigenvalue weighted by atomic mass is 16.6. The van der Waals surface area contributed by atoms with Gasteiger partial charge in [0.25, 0.3) is 11.5 Å². The van der Waals surface area contributed by atoms with Gasteiger partial charge in [0.2, 0.25) is 64.8 Å². The predicted molar refractivity (Wildman–Crippen MR) is 404 cm³/mol. The topological polar surface area (TPSA) is 549 Å². The summed E-state index contributed by atoms with van der Waals surface area (Å²) in [5.41, 5.74) is 10.3. The summed E-state index contributed by atoms with van der Waals surface area (Å²) in [5, 5.41) is 77.4. The van der Waals surface area contributed by atoms with E-state index in [1.54, 1.807) is 70.2 Å². The largest absolute Gasteiger partial charge is 0.508 e. The van der Waals surface area contributed by atoms with Crippen LogP contribution < -0.4 is 59.1 Å². The van der Waals surface area contributed by atoms with Crippen LogP contribution in [0.3, 0.4) is 0 Å². The number of fused-ring (bicyclic) bond motifs is 2. The number of carbonyl (C=O) groups is 12. The summed E-state index contributed by atoms with van der Waals surface area (Å²) in [6, 6.07) is 11.1. The third-order valence-corrected chi connectivity index (χ3v) is 17.8. The molecule has 0 unspecified atom stereocenters. The van der Waals surface area contributed by atoms with Gasteiger partial charge in [-0.3, -0.25) is 57.5 Å². The van der Waals surface area contributed by atoms with E-state index in [4.69, 9.17) is 29.4 Å². The van der Waals surface area contributed by atoms with Crippen LogP contribution in [0.2, 0.25) is 0 Å². The van der Waals surface area contributed by atoms with Crippen molar-refractivity contribution < 1.29 is 107 Å². The Morgan fingerprint density at radius 2 is 0.965 bits per heavy atom. The highest BCUT2D eigenvalue weighted by Gasteiger charge is 2.37. The molecular weight excluding hydrogens is 1480 g/mol. The van der Waals surface area contributed by atoms with Crippen molar-refractivity contribution in [2.75, 3.05) is 76.7 Å². The molecule has 37 nitrogen and oxygen atoms in total. The summed E-state index contributed by atoms with van der Waals surface area (Å²) in [5.74, 6) is -13.0. The van der Waals surface area contributed by atoms with E-state index in [1.165, 1.54) is 48.5 Å². The molecule has 0 spiro atoms. The average molecular weight is 1580 g/mol. The number of anilines is 2. The van der Waals surface area contributed by atoms with Crippen LogP contribution in [0, 0.1) is 19.8 Å². The van der Waals surface area contributed by atoms with E-state index in [0.29, 0.717) is 51.2 Å². The van der Waals surface area contributed by atoms with Crippen LogP contribution in [0.4, 0.5) is 11.4 Å². The van der Waals surface area contributed by atoms with Crippen LogP contribution in [-0.2, 0) is 109 Å². The molecule has 1 aliphatic carbocycles. The standard InChI is InChI=1S/C76H98N14O23/c1-42(2)64(75(107)108)87-71(103)58(38-46-10-7-6-8-11-46)83-69(101)57(40-48-16-20-50(93)21-17-48)82-68(100)56(39-47-14-18-49(92)19-15-47)81-67(99)53(22-23-63(97)98)79-70(102)59(41-60(77)94)84-72(104)65(45(5)91)86-62(96)25-27-110-29-31-112-33-35-113-34-32-111-30-28-109-26-24-61(95)78-54-36-44(4)55(37-43(54)3)80-73(105)66-88-76-85-52-13-9-12-51(52)74(106)90(76)89-66/h6-8,10-11,14-21,36-37,42,45,53,56-59,64-65,91-93H,9,12-13,22-35,38-41H2,1-5H3,(H2,77,94)(H,78,95)(H,79,102)(H,80,105)(H,81,99)(H,82,100)(H,83,101)(H,84,104)(H,86,96)(H,87,103)(H,97,98)(H,107,108)(H,85,88,89)/t45-,53+,56+,57+,58+,59+,64+,65+/m1/s1. The number of aromatic nitrogens is 4. The molecule has 1 aliphatic rings. The summed E-state index contributed by atoms with van der Waals surface area (Å²) in [7, 11) is 0. The Morgan fingerprint density at radius 3 is 1.44 bits per heavy atom. The van der Waals surface area contributed by atoms with Crippen LogP contribution in [-0.4, -0.2) is 231 Å². The van der Waals surface area contributed by atoms with Crippen LogP contribution in [0.1, 0.15) is 109 Å². The van der Waals surface area contributed by atoms with E-state index >= 15 is 0 Å². The molecule has 8 atom stereocenters. The van der Waals surface area contributed by atoms with Crippen molar-refractivity contribution in [2.24, 2.45) is 11.7 Å². The maximum Gasteiger partial charge on any atom is 0.326 e. The van der Waals surface area contributed by atoms with Crippen LogP contribution in [0.5, 0.6) is 11.5 Å². The highest BCUT2D eigenvalue weighted by Crippen LogP contribution is 2.26. The lowest BCUT2D eigenvalue weighted by Crippen LogP contribution is -2.61. The Balaban J connectivity index is 0.826. The summed E-state index contributed by atoms with van der Waals surface area (Å²) < 4.78 is 28.7. The number of amides is 10. The third kappa shape index (κ3) is 28.8. The number of aliphatic hydroxyl groups excluding tert-OH is 1. The number of hydrogen-bond acceptors (Lipinski definition) is 23. The first-order valence-corrected chi connectivity index (χ1v) is 36.7. The summed E-state index contributed by atoms with van der Waals surface area (Å²) in [6.07, 6.45) is -2.87. The number of phenolic OH excluding ortho intramolecular Hbond substituents is 2. The molecule has 0 fully saturated rings. The number of aryl methyl sites for hydroxylation is 3. The van der Waals surface area contributed by atoms with Gasteiger partial charge in [-0.05, 0) is 117 Å². The zero-order chi connectivity index (χ0) is 82.3.